The molecule has 0 bridgehead atoms. The summed E-state index contributed by atoms with van der Waals surface area (Å²) in [4.78, 5) is 6.56. The summed E-state index contributed by atoms with van der Waals surface area (Å²) in [5.74, 6) is 1.08. The summed E-state index contributed by atoms with van der Waals surface area (Å²) in [5.41, 5.74) is 2.55. The number of aromatic nitrogens is 1. The number of hydrogen-bond donors (Lipinski definition) is 0. The van der Waals surface area contributed by atoms with E-state index in [4.69, 9.17) is 9.15 Å². The van der Waals surface area contributed by atoms with Crippen LogP contribution in [0.1, 0.15) is 16.8 Å². The molecule has 0 unspecified atom stereocenters. The molecule has 4 rings (SSSR count). The lowest BCUT2D eigenvalue weighted by Crippen LogP contribution is -2.21. The molecule has 0 saturated carbocycles. The second-order valence-corrected chi connectivity index (χ2v) is 7.66. The van der Waals surface area contributed by atoms with Crippen LogP contribution in [0.5, 0.6) is 5.75 Å². The van der Waals surface area contributed by atoms with Gasteiger partial charge < -0.3 is 14.1 Å². The van der Waals surface area contributed by atoms with Gasteiger partial charge >= 0.3 is 6.18 Å². The molecule has 0 spiro atoms. The molecule has 7 heteroatoms. The first-order chi connectivity index (χ1) is 15.3. The molecular formula is C25H23F3N2O2. The highest BCUT2D eigenvalue weighted by atomic mass is 19.4. The number of fused-ring (bicyclic) bond motifs is 1. The first-order valence-corrected chi connectivity index (χ1v) is 10.2. The number of furan rings is 1. The third-order valence-corrected chi connectivity index (χ3v) is 5.37. The Morgan fingerprint density at radius 1 is 1.03 bits per heavy atom. The zero-order valence-corrected chi connectivity index (χ0v) is 17.8. The average Bonchev–Trinajstić information content (AvgIpc) is 3.24. The van der Waals surface area contributed by atoms with Gasteiger partial charge in [0.25, 0.3) is 0 Å². The van der Waals surface area contributed by atoms with Crippen molar-refractivity contribution in [1.82, 2.24) is 9.88 Å². The summed E-state index contributed by atoms with van der Waals surface area (Å²) in [6.45, 7) is 1.51. The number of pyridine rings is 1. The SMILES string of the molecule is COc1ccc(CN(C)CCc2ccccn2)c2cc(-c3ccc(C(F)(F)F)cc3)oc12. The van der Waals surface area contributed by atoms with Crippen molar-refractivity contribution in [3.05, 3.63) is 83.7 Å². The average molecular weight is 440 g/mol. The monoisotopic (exact) mass is 440 g/mol. The largest absolute Gasteiger partial charge is 0.493 e. The molecule has 0 amide bonds. The quantitative estimate of drug-likeness (QED) is 0.343. The Balaban J connectivity index is 1.59. The molecule has 2 aromatic carbocycles. The zero-order chi connectivity index (χ0) is 22.7. The lowest BCUT2D eigenvalue weighted by Gasteiger charge is -2.17. The molecule has 0 aliphatic rings. The number of ether oxygens (including phenoxy) is 1. The minimum absolute atomic E-state index is 0.496. The maximum atomic E-state index is 12.9. The Bertz CT molecular complexity index is 1190. The Hall–Kier alpha value is -3.32. The first-order valence-electron chi connectivity index (χ1n) is 10.2. The van der Waals surface area contributed by atoms with Crippen molar-refractivity contribution in [2.75, 3.05) is 20.7 Å². The van der Waals surface area contributed by atoms with Crippen molar-refractivity contribution >= 4 is 11.0 Å². The molecule has 0 saturated heterocycles. The van der Waals surface area contributed by atoms with E-state index in [9.17, 15) is 13.2 Å². The van der Waals surface area contributed by atoms with Gasteiger partial charge in [-0.05, 0) is 49.0 Å². The maximum Gasteiger partial charge on any atom is 0.416 e. The number of halogens is 3. The van der Waals surface area contributed by atoms with Gasteiger partial charge in [0.2, 0.25) is 0 Å². The molecule has 2 aromatic heterocycles. The van der Waals surface area contributed by atoms with E-state index >= 15 is 0 Å². The van der Waals surface area contributed by atoms with Crippen LogP contribution in [0.4, 0.5) is 13.2 Å². The molecule has 4 aromatic rings. The van der Waals surface area contributed by atoms with Gasteiger partial charge in [-0.15, -0.1) is 0 Å². The molecule has 0 aliphatic carbocycles. The van der Waals surface area contributed by atoms with Gasteiger partial charge in [0.1, 0.15) is 5.76 Å². The number of methoxy groups -OCH3 is 1. The molecule has 2 heterocycles. The van der Waals surface area contributed by atoms with Crippen LogP contribution >= 0.6 is 0 Å². The topological polar surface area (TPSA) is 38.5 Å². The van der Waals surface area contributed by atoms with Crippen LogP contribution in [0.25, 0.3) is 22.3 Å². The van der Waals surface area contributed by atoms with Gasteiger partial charge in [-0.25, -0.2) is 0 Å². The number of likely N-dealkylation sites (N-methyl/N-ethyl adjacent to an activating group) is 1. The van der Waals surface area contributed by atoms with Crippen LogP contribution in [0.15, 0.2) is 71.3 Å². The Labute approximate surface area is 184 Å². The first kappa shape index (κ1) is 21.9. The summed E-state index contributed by atoms with van der Waals surface area (Å²) < 4.78 is 50.1. The van der Waals surface area contributed by atoms with Crippen molar-refractivity contribution in [2.45, 2.75) is 19.1 Å². The lowest BCUT2D eigenvalue weighted by molar-refractivity contribution is -0.137. The fraction of sp³-hybridized carbons (Fsp3) is 0.240. The molecule has 166 valence electrons. The van der Waals surface area contributed by atoms with E-state index < -0.39 is 11.7 Å². The smallest absolute Gasteiger partial charge is 0.416 e. The Morgan fingerprint density at radius 2 is 1.81 bits per heavy atom. The third-order valence-electron chi connectivity index (χ3n) is 5.37. The summed E-state index contributed by atoms with van der Waals surface area (Å²) >= 11 is 0. The zero-order valence-electron chi connectivity index (χ0n) is 17.8. The number of rotatable bonds is 7. The number of hydrogen-bond acceptors (Lipinski definition) is 4. The summed E-state index contributed by atoms with van der Waals surface area (Å²) in [6, 6.07) is 16.6. The standard InChI is InChI=1S/C25H23F3N2O2/c1-30(14-12-20-5-3-4-13-29-20)16-18-8-11-22(31-2)24-21(18)15-23(32-24)17-6-9-19(10-7-17)25(26,27)28/h3-11,13,15H,12,14,16H2,1-2H3. The Kier molecular flexibility index (Phi) is 6.19. The van der Waals surface area contributed by atoms with Gasteiger partial charge in [0, 0.05) is 42.4 Å². The molecule has 0 radical (unpaired) electrons. The second-order valence-electron chi connectivity index (χ2n) is 7.66. The van der Waals surface area contributed by atoms with Gasteiger partial charge in [-0.3, -0.25) is 4.98 Å². The predicted molar refractivity (Wildman–Crippen MR) is 117 cm³/mol. The molecule has 4 nitrogen and oxygen atoms in total. The number of benzene rings is 2. The highest BCUT2D eigenvalue weighted by Crippen LogP contribution is 2.37. The predicted octanol–water partition coefficient (Wildman–Crippen LogP) is 6.20. The third kappa shape index (κ3) is 4.78. The molecule has 32 heavy (non-hydrogen) atoms. The van der Waals surface area contributed by atoms with Gasteiger partial charge in [0.15, 0.2) is 11.3 Å². The van der Waals surface area contributed by atoms with Crippen LogP contribution < -0.4 is 4.74 Å². The molecule has 0 atom stereocenters. The van der Waals surface area contributed by atoms with Crippen LogP contribution in [-0.4, -0.2) is 30.6 Å². The highest BCUT2D eigenvalue weighted by Gasteiger charge is 2.30. The summed E-state index contributed by atoms with van der Waals surface area (Å²) in [6.07, 6.45) is -1.75. The lowest BCUT2D eigenvalue weighted by atomic mass is 10.1. The van der Waals surface area contributed by atoms with E-state index in [1.165, 1.54) is 12.1 Å². The fourth-order valence-electron chi connectivity index (χ4n) is 3.64. The fourth-order valence-corrected chi connectivity index (χ4v) is 3.64. The van der Waals surface area contributed by atoms with Gasteiger partial charge in [-0.2, -0.15) is 13.2 Å². The second kappa shape index (κ2) is 9.04. The van der Waals surface area contributed by atoms with Crippen molar-refractivity contribution in [1.29, 1.82) is 0 Å². The van der Waals surface area contributed by atoms with Crippen LogP contribution in [0.2, 0.25) is 0 Å². The number of nitrogens with zero attached hydrogens (tertiary/aromatic N) is 2. The maximum absolute atomic E-state index is 12.9. The van der Waals surface area contributed by atoms with Gasteiger partial charge in [0.05, 0.1) is 12.7 Å². The van der Waals surface area contributed by atoms with Crippen LogP contribution in [0, 0.1) is 0 Å². The highest BCUT2D eigenvalue weighted by molar-refractivity contribution is 5.90. The number of alkyl halides is 3. The molecule has 0 aliphatic heterocycles. The molecule has 0 fully saturated rings. The molecule has 0 N–H and O–H groups in total. The van der Waals surface area contributed by atoms with Crippen molar-refractivity contribution in [2.24, 2.45) is 0 Å². The van der Waals surface area contributed by atoms with Crippen molar-refractivity contribution in [3.8, 4) is 17.1 Å². The Morgan fingerprint density at radius 3 is 2.47 bits per heavy atom. The van der Waals surface area contributed by atoms with Gasteiger partial charge in [-0.1, -0.05) is 24.3 Å². The van der Waals surface area contributed by atoms with Crippen LogP contribution in [-0.2, 0) is 19.1 Å². The van der Waals surface area contributed by atoms with Crippen molar-refractivity contribution < 1.29 is 22.3 Å². The van der Waals surface area contributed by atoms with Crippen LogP contribution in [0.3, 0.4) is 0 Å². The summed E-state index contributed by atoms with van der Waals surface area (Å²) in [7, 11) is 3.60. The van der Waals surface area contributed by atoms with E-state index in [2.05, 4.69) is 9.88 Å². The van der Waals surface area contributed by atoms with E-state index in [0.717, 1.165) is 41.7 Å². The van der Waals surface area contributed by atoms with E-state index in [-0.39, 0.29) is 0 Å². The van der Waals surface area contributed by atoms with E-state index in [1.54, 1.807) is 13.3 Å². The minimum Gasteiger partial charge on any atom is -0.493 e. The van der Waals surface area contributed by atoms with E-state index in [0.29, 0.717) is 29.2 Å². The molecular weight excluding hydrogens is 417 g/mol. The normalized spacial score (nSPS) is 11.9. The van der Waals surface area contributed by atoms with E-state index in [1.807, 2.05) is 43.4 Å². The van der Waals surface area contributed by atoms with Crippen molar-refractivity contribution in [3.63, 3.8) is 0 Å². The summed E-state index contributed by atoms with van der Waals surface area (Å²) in [5, 5.41) is 0.879. The minimum atomic E-state index is -4.37.